The average molecular weight is 347 g/mol. The second-order valence-electron chi connectivity index (χ2n) is 6.76. The molecule has 1 fully saturated rings. The smallest absolute Gasteiger partial charge is 0.317 e. The molecule has 0 radical (unpaired) electrons. The fourth-order valence-electron chi connectivity index (χ4n) is 3.28. The van der Waals surface area contributed by atoms with E-state index in [1.165, 1.54) is 5.56 Å². The van der Waals surface area contributed by atoms with E-state index in [2.05, 4.69) is 22.3 Å². The van der Waals surface area contributed by atoms with Gasteiger partial charge in [0, 0.05) is 25.7 Å². The molecule has 1 amide bonds. The number of benzene rings is 1. The van der Waals surface area contributed by atoms with Crippen molar-refractivity contribution in [3.63, 3.8) is 0 Å². The van der Waals surface area contributed by atoms with Gasteiger partial charge in [0.15, 0.2) is 0 Å². The van der Waals surface area contributed by atoms with E-state index in [1.807, 2.05) is 30.1 Å². The third kappa shape index (κ3) is 7.23. The van der Waals surface area contributed by atoms with Gasteiger partial charge in [-0.25, -0.2) is 0 Å². The zero-order chi connectivity index (χ0) is 18.1. The van der Waals surface area contributed by atoms with Gasteiger partial charge < -0.3 is 10.4 Å². The molecule has 0 atom stereocenters. The van der Waals surface area contributed by atoms with E-state index < -0.39 is 5.97 Å². The fourth-order valence-corrected chi connectivity index (χ4v) is 3.28. The van der Waals surface area contributed by atoms with Crippen molar-refractivity contribution in [1.29, 1.82) is 0 Å². The minimum atomic E-state index is -0.792. The Kier molecular flexibility index (Phi) is 7.88. The highest BCUT2D eigenvalue weighted by Crippen LogP contribution is 2.14. The molecule has 1 saturated heterocycles. The zero-order valence-electron chi connectivity index (χ0n) is 15.0. The van der Waals surface area contributed by atoms with Gasteiger partial charge in [0.2, 0.25) is 5.91 Å². The summed E-state index contributed by atoms with van der Waals surface area (Å²) in [6, 6.07) is 10.6. The van der Waals surface area contributed by atoms with Gasteiger partial charge in [-0.2, -0.15) is 0 Å². The highest BCUT2D eigenvalue weighted by atomic mass is 16.4. The molecule has 1 aromatic rings. The maximum atomic E-state index is 12.0. The van der Waals surface area contributed by atoms with Gasteiger partial charge in [-0.15, -0.1) is 0 Å². The van der Waals surface area contributed by atoms with E-state index in [4.69, 9.17) is 5.11 Å². The first-order chi connectivity index (χ1) is 12.0. The normalized spacial score (nSPS) is 16.1. The van der Waals surface area contributed by atoms with E-state index in [-0.39, 0.29) is 12.5 Å². The second-order valence-corrected chi connectivity index (χ2v) is 6.76. The molecular formula is C19H29N3O3. The van der Waals surface area contributed by atoms with Gasteiger partial charge in [-0.3, -0.25) is 19.4 Å². The molecule has 2 rings (SSSR count). The summed E-state index contributed by atoms with van der Waals surface area (Å²) in [5.74, 6) is -0.717. The minimum Gasteiger partial charge on any atom is -0.480 e. The maximum absolute atomic E-state index is 12.0. The Hall–Kier alpha value is -1.92. The quantitative estimate of drug-likeness (QED) is 0.657. The van der Waals surface area contributed by atoms with Crippen molar-refractivity contribution in [2.45, 2.75) is 31.7 Å². The third-order valence-electron chi connectivity index (χ3n) is 4.74. The molecule has 6 heteroatoms. The van der Waals surface area contributed by atoms with Crippen LogP contribution in [0.15, 0.2) is 30.3 Å². The summed E-state index contributed by atoms with van der Waals surface area (Å²) in [6.07, 6.45) is 3.73. The Morgan fingerprint density at radius 3 is 2.56 bits per heavy atom. The van der Waals surface area contributed by atoms with Crippen LogP contribution in [0.3, 0.4) is 0 Å². The van der Waals surface area contributed by atoms with Crippen LogP contribution in [0.5, 0.6) is 0 Å². The number of likely N-dealkylation sites (tertiary alicyclic amines) is 1. The average Bonchev–Trinajstić information content (AvgIpc) is 2.60. The van der Waals surface area contributed by atoms with Crippen LogP contribution in [0.4, 0.5) is 0 Å². The van der Waals surface area contributed by atoms with Crippen molar-refractivity contribution in [2.24, 2.45) is 0 Å². The van der Waals surface area contributed by atoms with Crippen LogP contribution in [-0.2, 0) is 16.0 Å². The third-order valence-corrected chi connectivity index (χ3v) is 4.74. The number of piperidine rings is 1. The fraction of sp³-hybridized carbons (Fsp3) is 0.579. The van der Waals surface area contributed by atoms with Gasteiger partial charge >= 0.3 is 5.97 Å². The molecule has 1 aliphatic rings. The number of aryl methyl sites for hydroxylation is 1. The molecule has 1 aliphatic heterocycles. The predicted molar refractivity (Wildman–Crippen MR) is 97.5 cm³/mol. The van der Waals surface area contributed by atoms with Gasteiger partial charge in [-0.05, 0) is 38.3 Å². The molecule has 138 valence electrons. The highest BCUT2D eigenvalue weighted by molar-refractivity contribution is 5.78. The summed E-state index contributed by atoms with van der Waals surface area (Å²) in [5, 5.41) is 11.8. The van der Waals surface area contributed by atoms with Crippen molar-refractivity contribution in [3.8, 4) is 0 Å². The van der Waals surface area contributed by atoms with Crippen LogP contribution in [0.25, 0.3) is 0 Å². The van der Waals surface area contributed by atoms with Crippen LogP contribution in [0.2, 0.25) is 0 Å². The number of amides is 1. The molecule has 25 heavy (non-hydrogen) atoms. The van der Waals surface area contributed by atoms with Gasteiger partial charge in [0.1, 0.15) is 0 Å². The lowest BCUT2D eigenvalue weighted by atomic mass is 10.0. The number of nitrogens with zero attached hydrogens (tertiary/aromatic N) is 2. The van der Waals surface area contributed by atoms with E-state index in [0.29, 0.717) is 19.1 Å². The van der Waals surface area contributed by atoms with Gasteiger partial charge in [-0.1, -0.05) is 30.3 Å². The van der Waals surface area contributed by atoms with Gasteiger partial charge in [0.25, 0.3) is 0 Å². The lowest BCUT2D eigenvalue weighted by Gasteiger charge is -2.35. The number of rotatable bonds is 9. The first kappa shape index (κ1) is 19.4. The first-order valence-corrected chi connectivity index (χ1v) is 8.99. The number of carboxylic acid groups (broad SMARTS) is 1. The number of carbonyl (C=O) groups is 2. The predicted octanol–water partition coefficient (Wildman–Crippen LogP) is 1.22. The molecule has 0 unspecified atom stereocenters. The number of hydrogen-bond donors (Lipinski definition) is 2. The molecule has 0 spiro atoms. The lowest BCUT2D eigenvalue weighted by molar-refractivity contribution is -0.138. The monoisotopic (exact) mass is 347 g/mol. The largest absolute Gasteiger partial charge is 0.480 e. The van der Waals surface area contributed by atoms with Crippen molar-refractivity contribution in [3.05, 3.63) is 35.9 Å². The summed E-state index contributed by atoms with van der Waals surface area (Å²) >= 11 is 0. The molecule has 0 bridgehead atoms. The molecule has 6 nitrogen and oxygen atoms in total. The molecule has 0 saturated carbocycles. The molecule has 1 heterocycles. The van der Waals surface area contributed by atoms with Crippen LogP contribution in [-0.4, -0.2) is 72.6 Å². The minimum absolute atomic E-state index is 0.0744. The highest BCUT2D eigenvalue weighted by Gasteiger charge is 2.24. The summed E-state index contributed by atoms with van der Waals surface area (Å²) in [7, 11) is 1.86. The molecule has 0 aromatic heterocycles. The summed E-state index contributed by atoms with van der Waals surface area (Å²) < 4.78 is 0. The van der Waals surface area contributed by atoms with E-state index in [0.717, 1.165) is 38.8 Å². The number of carbonyl (C=O) groups excluding carboxylic acids is 1. The first-order valence-electron chi connectivity index (χ1n) is 8.99. The zero-order valence-corrected chi connectivity index (χ0v) is 15.0. The van der Waals surface area contributed by atoms with Crippen molar-refractivity contribution in [1.82, 2.24) is 15.1 Å². The van der Waals surface area contributed by atoms with E-state index in [9.17, 15) is 9.59 Å². The van der Waals surface area contributed by atoms with Crippen LogP contribution < -0.4 is 5.32 Å². The molecule has 2 N–H and O–H groups in total. The number of aliphatic carboxylic acids is 1. The topological polar surface area (TPSA) is 72.9 Å². The van der Waals surface area contributed by atoms with E-state index in [1.54, 1.807) is 0 Å². The Balaban J connectivity index is 1.58. The van der Waals surface area contributed by atoms with E-state index >= 15 is 0 Å². The second kappa shape index (κ2) is 10.2. The summed E-state index contributed by atoms with van der Waals surface area (Å²) in [4.78, 5) is 26.9. The molecule has 0 aliphatic carbocycles. The lowest BCUT2D eigenvalue weighted by Crippen LogP contribution is -2.47. The summed E-state index contributed by atoms with van der Waals surface area (Å²) in [6.45, 7) is 2.89. The van der Waals surface area contributed by atoms with Crippen molar-refractivity contribution < 1.29 is 14.7 Å². The standard InChI is InChI=1S/C19H29N3O3/c1-21(15-19(24)25)17-9-12-22(13-10-17)14-18(23)20-11-5-8-16-6-3-2-4-7-16/h2-4,6-7,17H,5,8-15H2,1H3,(H,20,23)(H,24,25). The number of nitrogens with one attached hydrogen (secondary N) is 1. The number of hydrogen-bond acceptors (Lipinski definition) is 4. The number of likely N-dealkylation sites (N-methyl/N-ethyl adjacent to an activating group) is 1. The Morgan fingerprint density at radius 1 is 1.24 bits per heavy atom. The maximum Gasteiger partial charge on any atom is 0.317 e. The van der Waals surface area contributed by atoms with Crippen molar-refractivity contribution >= 4 is 11.9 Å². The van der Waals surface area contributed by atoms with Crippen LogP contribution in [0.1, 0.15) is 24.8 Å². The van der Waals surface area contributed by atoms with Crippen molar-refractivity contribution in [2.75, 3.05) is 39.8 Å². The Bertz CT molecular complexity index is 542. The van der Waals surface area contributed by atoms with Crippen LogP contribution >= 0.6 is 0 Å². The SMILES string of the molecule is CN(CC(=O)O)C1CCN(CC(=O)NCCCc2ccccc2)CC1. The molecule has 1 aromatic carbocycles. The summed E-state index contributed by atoms with van der Waals surface area (Å²) in [5.41, 5.74) is 1.30. The number of carboxylic acids is 1. The Labute approximate surface area is 149 Å². The Morgan fingerprint density at radius 2 is 1.92 bits per heavy atom. The molecular weight excluding hydrogens is 318 g/mol. The van der Waals surface area contributed by atoms with Gasteiger partial charge in [0.05, 0.1) is 13.1 Å². The van der Waals surface area contributed by atoms with Crippen LogP contribution in [0, 0.1) is 0 Å².